The largest absolute Gasteiger partial charge is 0.332 e. The van der Waals surface area contributed by atoms with Crippen LogP contribution in [0.2, 0.25) is 0 Å². The molecule has 0 aliphatic carbocycles. The number of aromatic nitrogens is 4. The van der Waals surface area contributed by atoms with Crippen molar-refractivity contribution in [1.82, 2.24) is 24.5 Å². The van der Waals surface area contributed by atoms with Gasteiger partial charge in [-0.15, -0.1) is 0 Å². The van der Waals surface area contributed by atoms with Gasteiger partial charge in [-0.3, -0.25) is 14.2 Å². The maximum atomic E-state index is 13.7. The van der Waals surface area contributed by atoms with Crippen LogP contribution in [0.5, 0.6) is 0 Å². The molecule has 2 aromatic heterocycles. The van der Waals surface area contributed by atoms with Gasteiger partial charge in [-0.2, -0.15) is 10.2 Å². The highest BCUT2D eigenvalue weighted by atomic mass is 19.2. The molecule has 9 heteroatoms. The lowest BCUT2D eigenvalue weighted by molar-refractivity contribution is 0.0731. The van der Waals surface area contributed by atoms with Crippen molar-refractivity contribution >= 4 is 5.91 Å². The van der Waals surface area contributed by atoms with Gasteiger partial charge in [0, 0.05) is 37.5 Å². The van der Waals surface area contributed by atoms with E-state index in [2.05, 4.69) is 10.2 Å². The van der Waals surface area contributed by atoms with Gasteiger partial charge in [-0.1, -0.05) is 0 Å². The molecular formula is C20H20F3N5O. The first-order valence-electron chi connectivity index (χ1n) is 9.18. The van der Waals surface area contributed by atoms with Crippen LogP contribution in [0.25, 0.3) is 11.3 Å². The molecule has 1 aromatic carbocycles. The Labute approximate surface area is 165 Å². The zero-order valence-electron chi connectivity index (χ0n) is 16.6. The predicted molar refractivity (Wildman–Crippen MR) is 99.6 cm³/mol. The molecule has 0 saturated heterocycles. The normalized spacial score (nSPS) is 13.7. The number of rotatable bonds is 2. The summed E-state index contributed by atoms with van der Waals surface area (Å²) in [5, 5.41) is 8.75. The molecule has 29 heavy (non-hydrogen) atoms. The average molecular weight is 403 g/mol. The maximum absolute atomic E-state index is 13.7. The van der Waals surface area contributed by atoms with Crippen molar-refractivity contribution in [3.63, 3.8) is 0 Å². The predicted octanol–water partition coefficient (Wildman–Crippen LogP) is 3.05. The molecule has 0 spiro atoms. The molecule has 0 radical (unpaired) electrons. The number of amides is 1. The van der Waals surface area contributed by atoms with Crippen LogP contribution in [-0.4, -0.2) is 36.9 Å². The van der Waals surface area contributed by atoms with Crippen LogP contribution in [0.3, 0.4) is 0 Å². The van der Waals surface area contributed by atoms with Gasteiger partial charge in [-0.25, -0.2) is 13.2 Å². The Morgan fingerprint density at radius 2 is 1.69 bits per heavy atom. The van der Waals surface area contributed by atoms with Crippen molar-refractivity contribution in [3.8, 4) is 11.3 Å². The first-order valence-corrected chi connectivity index (χ1v) is 9.18. The van der Waals surface area contributed by atoms with E-state index in [-0.39, 0.29) is 18.0 Å². The molecule has 4 rings (SSSR count). The second kappa shape index (κ2) is 6.75. The number of hydrogen-bond acceptors (Lipinski definition) is 3. The molecule has 1 amide bonds. The van der Waals surface area contributed by atoms with Crippen molar-refractivity contribution in [2.24, 2.45) is 14.1 Å². The highest BCUT2D eigenvalue weighted by Gasteiger charge is 2.30. The van der Waals surface area contributed by atoms with E-state index >= 15 is 0 Å². The van der Waals surface area contributed by atoms with Gasteiger partial charge in [0.05, 0.1) is 29.2 Å². The monoisotopic (exact) mass is 403 g/mol. The summed E-state index contributed by atoms with van der Waals surface area (Å²) in [4.78, 5) is 14.7. The van der Waals surface area contributed by atoms with E-state index < -0.39 is 17.5 Å². The molecule has 0 saturated carbocycles. The fourth-order valence-electron chi connectivity index (χ4n) is 3.99. The summed E-state index contributed by atoms with van der Waals surface area (Å²) in [5.41, 5.74) is 4.25. The number of aryl methyl sites for hydroxylation is 3. The van der Waals surface area contributed by atoms with Crippen molar-refractivity contribution in [3.05, 3.63) is 57.8 Å². The van der Waals surface area contributed by atoms with E-state index in [4.69, 9.17) is 0 Å². The minimum absolute atomic E-state index is 0.121. The van der Waals surface area contributed by atoms with Crippen LogP contribution in [0.15, 0.2) is 12.1 Å². The highest BCUT2D eigenvalue weighted by molar-refractivity contribution is 5.96. The maximum Gasteiger partial charge on any atom is 0.257 e. The summed E-state index contributed by atoms with van der Waals surface area (Å²) in [6.07, 6.45) is 0.475. The Kier molecular flexibility index (Phi) is 4.48. The Balaban J connectivity index is 1.69. The van der Waals surface area contributed by atoms with Crippen LogP contribution in [0.1, 0.15) is 33.0 Å². The van der Waals surface area contributed by atoms with Crippen molar-refractivity contribution < 1.29 is 18.0 Å². The molecule has 1 aliphatic heterocycles. The molecule has 0 bridgehead atoms. The van der Waals surface area contributed by atoms with Crippen LogP contribution < -0.4 is 0 Å². The fourth-order valence-corrected chi connectivity index (χ4v) is 3.99. The molecule has 3 aromatic rings. The van der Waals surface area contributed by atoms with Gasteiger partial charge in [0.2, 0.25) is 0 Å². The van der Waals surface area contributed by atoms with E-state index in [0.717, 1.165) is 23.4 Å². The quantitative estimate of drug-likeness (QED) is 0.618. The van der Waals surface area contributed by atoms with E-state index in [1.165, 1.54) is 4.68 Å². The van der Waals surface area contributed by atoms with Gasteiger partial charge < -0.3 is 4.90 Å². The van der Waals surface area contributed by atoms with Crippen LogP contribution in [0, 0.1) is 31.3 Å². The first kappa shape index (κ1) is 19.2. The smallest absolute Gasteiger partial charge is 0.257 e. The second-order valence-electron chi connectivity index (χ2n) is 7.30. The summed E-state index contributed by atoms with van der Waals surface area (Å²) in [6, 6.07) is 1.94. The molecule has 1 aliphatic rings. The molecule has 3 heterocycles. The van der Waals surface area contributed by atoms with Gasteiger partial charge in [0.25, 0.3) is 5.91 Å². The zero-order chi connectivity index (χ0) is 21.0. The molecule has 152 valence electrons. The summed E-state index contributed by atoms with van der Waals surface area (Å²) < 4.78 is 44.0. The summed E-state index contributed by atoms with van der Waals surface area (Å²) >= 11 is 0. The van der Waals surface area contributed by atoms with Gasteiger partial charge in [-0.05, 0) is 32.4 Å². The lowest BCUT2D eigenvalue weighted by Crippen LogP contribution is -2.36. The second-order valence-corrected chi connectivity index (χ2v) is 7.30. The number of halogens is 3. The zero-order valence-corrected chi connectivity index (χ0v) is 16.6. The van der Waals surface area contributed by atoms with E-state index in [0.29, 0.717) is 35.6 Å². The third-order valence-corrected chi connectivity index (χ3v) is 5.47. The SMILES string of the molecule is Cc1nn(C)c(C)c1C(=O)N1CCc2c(nn(C)c2-c2cc(F)c(F)c(F)c2)C1. The third-order valence-electron chi connectivity index (χ3n) is 5.47. The van der Waals surface area contributed by atoms with Gasteiger partial charge >= 0.3 is 0 Å². The standard InChI is InChI=1S/C20H20F3N5O/c1-10-17(11(2)26(3)24-10)20(29)28-6-5-13-16(9-28)25-27(4)19(13)12-7-14(21)18(23)15(22)8-12/h7-8H,5-6,9H2,1-4H3. The number of carbonyl (C=O) groups is 1. The third kappa shape index (κ3) is 3.01. The van der Waals surface area contributed by atoms with Crippen molar-refractivity contribution in [2.75, 3.05) is 6.54 Å². The number of nitrogens with zero attached hydrogens (tertiary/aromatic N) is 5. The number of benzene rings is 1. The summed E-state index contributed by atoms with van der Waals surface area (Å²) in [5.74, 6) is -4.11. The van der Waals surface area contributed by atoms with Crippen molar-refractivity contribution in [2.45, 2.75) is 26.8 Å². The first-order chi connectivity index (χ1) is 13.7. The van der Waals surface area contributed by atoms with Gasteiger partial charge in [0.15, 0.2) is 17.5 Å². The van der Waals surface area contributed by atoms with Crippen LogP contribution in [-0.2, 0) is 27.1 Å². The van der Waals surface area contributed by atoms with E-state index in [1.807, 2.05) is 6.92 Å². The number of fused-ring (bicyclic) bond motifs is 1. The topological polar surface area (TPSA) is 56.0 Å². The van der Waals surface area contributed by atoms with Crippen LogP contribution in [0.4, 0.5) is 13.2 Å². The van der Waals surface area contributed by atoms with E-state index in [9.17, 15) is 18.0 Å². The molecule has 0 fully saturated rings. The fraction of sp³-hybridized carbons (Fsp3) is 0.350. The minimum atomic E-state index is -1.50. The summed E-state index contributed by atoms with van der Waals surface area (Å²) in [6.45, 7) is 4.36. The lowest BCUT2D eigenvalue weighted by Gasteiger charge is -2.27. The molecule has 0 atom stereocenters. The summed E-state index contributed by atoms with van der Waals surface area (Å²) in [7, 11) is 3.45. The Morgan fingerprint density at radius 1 is 1.03 bits per heavy atom. The number of carbonyl (C=O) groups excluding carboxylic acids is 1. The molecule has 6 nitrogen and oxygen atoms in total. The Morgan fingerprint density at radius 3 is 2.28 bits per heavy atom. The van der Waals surface area contributed by atoms with E-state index in [1.54, 1.807) is 30.6 Å². The van der Waals surface area contributed by atoms with Gasteiger partial charge in [0.1, 0.15) is 0 Å². The van der Waals surface area contributed by atoms with Crippen molar-refractivity contribution in [1.29, 1.82) is 0 Å². The Bertz CT molecular complexity index is 1120. The van der Waals surface area contributed by atoms with Crippen LogP contribution >= 0.6 is 0 Å². The highest BCUT2D eigenvalue weighted by Crippen LogP contribution is 2.32. The molecule has 0 unspecified atom stereocenters. The minimum Gasteiger partial charge on any atom is -0.332 e. The number of hydrogen-bond donors (Lipinski definition) is 0. The Hall–Kier alpha value is -3.10. The molecular weight excluding hydrogens is 383 g/mol. The lowest BCUT2D eigenvalue weighted by atomic mass is 9.99. The molecule has 0 N–H and O–H groups in total. The average Bonchev–Trinajstić information content (AvgIpc) is 3.12.